The van der Waals surface area contributed by atoms with E-state index in [1.54, 1.807) is 18.2 Å². The summed E-state index contributed by atoms with van der Waals surface area (Å²) in [5.41, 5.74) is -1.39. The Morgan fingerprint density at radius 3 is 2.56 bits per heavy atom. The fourth-order valence-electron chi connectivity index (χ4n) is 2.43. The van der Waals surface area contributed by atoms with E-state index in [0.717, 1.165) is 16.8 Å². The van der Waals surface area contributed by atoms with Gasteiger partial charge in [0.2, 0.25) is 12.3 Å². The molecule has 0 unspecified atom stereocenters. The predicted molar refractivity (Wildman–Crippen MR) is 83.4 cm³/mol. The first-order chi connectivity index (χ1) is 11.8. The summed E-state index contributed by atoms with van der Waals surface area (Å²) in [6.07, 6.45) is -2.26. The molecule has 9 heteroatoms. The van der Waals surface area contributed by atoms with Crippen molar-refractivity contribution < 1.29 is 24.5 Å². The Balaban J connectivity index is 1.89. The van der Waals surface area contributed by atoms with Crippen LogP contribution >= 0.6 is 0 Å². The second-order valence-corrected chi connectivity index (χ2v) is 5.39. The molecule has 2 atom stereocenters. The van der Waals surface area contributed by atoms with Crippen molar-refractivity contribution in [1.82, 2.24) is 9.55 Å². The number of ether oxygens (including phenoxy) is 2. The second-order valence-electron chi connectivity index (χ2n) is 5.39. The lowest BCUT2D eigenvalue weighted by Crippen LogP contribution is -2.49. The quantitative estimate of drug-likeness (QED) is 0.504. The van der Waals surface area contributed by atoms with Crippen LogP contribution in [0, 0.1) is 0 Å². The van der Waals surface area contributed by atoms with Crippen LogP contribution in [0.2, 0.25) is 0 Å². The average molecular weight is 346 g/mol. The fraction of sp³-hybridized carbons (Fsp3) is 0.188. The molecule has 2 heterocycles. The Morgan fingerprint density at radius 1 is 1.24 bits per heavy atom. The number of hydrogen-bond donors (Lipinski definition) is 3. The number of aromatic nitrogens is 2. The number of H-pyrrole nitrogens is 1. The molecule has 25 heavy (non-hydrogen) atoms. The molecule has 1 saturated heterocycles. The normalized spacial score (nSPS) is 21.6. The van der Waals surface area contributed by atoms with Gasteiger partial charge in [-0.3, -0.25) is 14.3 Å². The van der Waals surface area contributed by atoms with Gasteiger partial charge in [-0.05, 0) is 12.1 Å². The average Bonchev–Trinajstić information content (AvgIpc) is 2.79. The van der Waals surface area contributed by atoms with Gasteiger partial charge >= 0.3 is 11.7 Å². The Morgan fingerprint density at radius 2 is 1.92 bits per heavy atom. The Hall–Kier alpha value is -3.17. The van der Waals surface area contributed by atoms with Gasteiger partial charge in [-0.1, -0.05) is 24.8 Å². The van der Waals surface area contributed by atoms with E-state index < -0.39 is 35.3 Å². The van der Waals surface area contributed by atoms with Crippen LogP contribution in [0.3, 0.4) is 0 Å². The SMILES string of the molecule is C=C1O[C@@H](n2ccc(=O)[nH]c2=O)C(O)(O)[C@@H]1OC(=O)c1ccccc1. The summed E-state index contributed by atoms with van der Waals surface area (Å²) in [6, 6.07) is 8.92. The van der Waals surface area contributed by atoms with Crippen molar-refractivity contribution >= 4 is 5.97 Å². The lowest BCUT2D eigenvalue weighted by molar-refractivity contribution is -0.248. The number of aliphatic hydroxyl groups is 2. The number of carbonyl (C=O) groups excluding carboxylic acids is 1. The molecule has 9 nitrogen and oxygen atoms in total. The first-order valence-corrected chi connectivity index (χ1v) is 7.18. The number of hydrogen-bond acceptors (Lipinski definition) is 7. The highest BCUT2D eigenvalue weighted by Gasteiger charge is 2.56. The van der Waals surface area contributed by atoms with Crippen LogP contribution in [0.5, 0.6) is 0 Å². The molecule has 1 aromatic carbocycles. The third kappa shape index (κ3) is 2.97. The molecule has 1 fully saturated rings. The zero-order chi connectivity index (χ0) is 18.2. The minimum atomic E-state index is -2.77. The van der Waals surface area contributed by atoms with Crippen LogP contribution < -0.4 is 11.2 Å². The fourth-order valence-corrected chi connectivity index (χ4v) is 2.43. The van der Waals surface area contributed by atoms with Crippen LogP contribution in [-0.2, 0) is 9.47 Å². The maximum Gasteiger partial charge on any atom is 0.339 e. The lowest BCUT2D eigenvalue weighted by Gasteiger charge is -2.26. The van der Waals surface area contributed by atoms with E-state index in [1.165, 1.54) is 12.1 Å². The first kappa shape index (κ1) is 16.7. The van der Waals surface area contributed by atoms with Crippen molar-refractivity contribution in [3.8, 4) is 0 Å². The number of rotatable bonds is 3. The van der Waals surface area contributed by atoms with Crippen LogP contribution in [0.15, 0.2) is 64.5 Å². The molecule has 3 rings (SSSR count). The zero-order valence-corrected chi connectivity index (χ0v) is 12.8. The van der Waals surface area contributed by atoms with Gasteiger partial charge in [0.25, 0.3) is 11.3 Å². The number of carbonyl (C=O) groups is 1. The van der Waals surface area contributed by atoms with E-state index in [4.69, 9.17) is 9.47 Å². The second kappa shape index (κ2) is 6.04. The van der Waals surface area contributed by atoms with E-state index in [2.05, 4.69) is 6.58 Å². The van der Waals surface area contributed by atoms with Gasteiger partial charge in [-0.25, -0.2) is 9.59 Å². The molecule has 0 radical (unpaired) electrons. The van der Waals surface area contributed by atoms with Crippen molar-refractivity contribution in [2.24, 2.45) is 0 Å². The van der Waals surface area contributed by atoms with E-state index in [-0.39, 0.29) is 11.3 Å². The molecule has 3 N–H and O–H groups in total. The number of esters is 1. The number of nitrogens with one attached hydrogen (secondary N) is 1. The van der Waals surface area contributed by atoms with Gasteiger partial charge in [0.1, 0.15) is 5.76 Å². The summed E-state index contributed by atoms with van der Waals surface area (Å²) in [6.45, 7) is 3.49. The monoisotopic (exact) mass is 346 g/mol. The molecule has 0 amide bonds. The summed E-state index contributed by atoms with van der Waals surface area (Å²) < 4.78 is 11.0. The van der Waals surface area contributed by atoms with E-state index in [1.807, 2.05) is 4.98 Å². The van der Waals surface area contributed by atoms with Crippen molar-refractivity contribution in [3.63, 3.8) is 0 Å². The molecule has 130 valence electrons. The van der Waals surface area contributed by atoms with Crippen LogP contribution in [0.25, 0.3) is 0 Å². The van der Waals surface area contributed by atoms with Crippen LogP contribution in [0.4, 0.5) is 0 Å². The van der Waals surface area contributed by atoms with Gasteiger partial charge < -0.3 is 19.7 Å². The first-order valence-electron chi connectivity index (χ1n) is 7.18. The highest BCUT2D eigenvalue weighted by Crippen LogP contribution is 2.39. The molecule has 2 aromatic rings. The van der Waals surface area contributed by atoms with Crippen molar-refractivity contribution in [3.05, 3.63) is 81.3 Å². The van der Waals surface area contributed by atoms with E-state index in [9.17, 15) is 24.6 Å². The summed E-state index contributed by atoms with van der Waals surface area (Å²) in [5.74, 6) is -3.85. The summed E-state index contributed by atoms with van der Waals surface area (Å²) in [7, 11) is 0. The van der Waals surface area contributed by atoms with E-state index >= 15 is 0 Å². The van der Waals surface area contributed by atoms with Crippen molar-refractivity contribution in [2.75, 3.05) is 0 Å². The molecule has 0 spiro atoms. The van der Waals surface area contributed by atoms with Gasteiger partial charge in [0.05, 0.1) is 5.56 Å². The molecule has 1 aromatic heterocycles. The van der Waals surface area contributed by atoms with Crippen molar-refractivity contribution in [1.29, 1.82) is 0 Å². The highest BCUT2D eigenvalue weighted by atomic mass is 16.7. The molecule has 1 aliphatic heterocycles. The number of nitrogens with zero attached hydrogens (tertiary/aromatic N) is 1. The molecular formula is C16H14N2O7. The van der Waals surface area contributed by atoms with Gasteiger partial charge in [-0.2, -0.15) is 0 Å². The molecule has 0 saturated carbocycles. The minimum Gasteiger partial charge on any atom is -0.465 e. The molecule has 0 aliphatic carbocycles. The molecule has 0 bridgehead atoms. The van der Waals surface area contributed by atoms with Crippen LogP contribution in [-0.4, -0.2) is 37.6 Å². The Kier molecular flexibility index (Phi) is 4.03. The smallest absolute Gasteiger partial charge is 0.339 e. The number of benzene rings is 1. The summed E-state index contributed by atoms with van der Waals surface area (Å²) in [5, 5.41) is 20.7. The van der Waals surface area contributed by atoms with Gasteiger partial charge in [0.15, 0.2) is 0 Å². The van der Waals surface area contributed by atoms with Gasteiger partial charge in [-0.15, -0.1) is 0 Å². The third-order valence-electron chi connectivity index (χ3n) is 3.64. The van der Waals surface area contributed by atoms with Crippen molar-refractivity contribution in [2.45, 2.75) is 18.1 Å². The maximum atomic E-state index is 12.1. The maximum absolute atomic E-state index is 12.1. The standard InChI is InChI=1S/C16H14N2O7/c1-9-12(25-13(20)10-5-3-2-4-6-10)16(22,23)14(24-9)18-8-7-11(19)17-15(18)21/h2-8,12,14,22-23H,1H2,(H,17,19,21)/t12-,14-/m1/s1. The number of aromatic amines is 1. The lowest BCUT2D eigenvalue weighted by atomic mass is 10.1. The third-order valence-corrected chi connectivity index (χ3v) is 3.64. The van der Waals surface area contributed by atoms with Crippen LogP contribution in [0.1, 0.15) is 16.6 Å². The largest absolute Gasteiger partial charge is 0.465 e. The molecular weight excluding hydrogens is 332 g/mol. The zero-order valence-electron chi connectivity index (χ0n) is 12.8. The molecule has 1 aliphatic rings. The highest BCUT2D eigenvalue weighted by molar-refractivity contribution is 5.89. The minimum absolute atomic E-state index is 0.191. The summed E-state index contributed by atoms with van der Waals surface area (Å²) >= 11 is 0. The predicted octanol–water partition coefficient (Wildman–Crippen LogP) is -0.514. The Labute approximate surface area is 140 Å². The van der Waals surface area contributed by atoms with E-state index in [0.29, 0.717) is 0 Å². The summed E-state index contributed by atoms with van der Waals surface area (Å²) in [4.78, 5) is 37.1. The topological polar surface area (TPSA) is 131 Å². The Bertz CT molecular complexity index is 929. The van der Waals surface area contributed by atoms with Gasteiger partial charge in [0, 0.05) is 12.3 Å².